The van der Waals surface area contributed by atoms with Gasteiger partial charge in [-0.05, 0) is 373 Å². The lowest BCUT2D eigenvalue weighted by atomic mass is 9.80. The average Bonchev–Trinajstić information content (AvgIpc) is 1.73. The third-order valence-electron chi connectivity index (χ3n) is 30.4. The third kappa shape index (κ3) is 69.9. The minimum Gasteiger partial charge on any atom is -0.358 e. The fraction of sp³-hybridized carbons (Fsp3) is 0.983. The van der Waals surface area contributed by atoms with Crippen molar-refractivity contribution in [2.24, 2.45) is 124 Å². The molecule has 0 bridgehead atoms. The van der Waals surface area contributed by atoms with Crippen LogP contribution in [0.3, 0.4) is 0 Å². The van der Waals surface area contributed by atoms with Crippen molar-refractivity contribution in [2.75, 3.05) is 125 Å². The number of carbonyl (C=O) groups is 2. The number of nitrogens with zero attached hydrogens (tertiary/aromatic N) is 2. The molecule has 8 saturated heterocycles. The highest BCUT2D eigenvalue weighted by atomic mass is 16.2. The van der Waals surface area contributed by atoms with Crippen molar-refractivity contribution in [3.8, 4) is 0 Å². The second-order valence-corrected chi connectivity index (χ2v) is 45.9. The van der Waals surface area contributed by atoms with Gasteiger partial charge in [0, 0.05) is 112 Å². The smallest absolute Gasteiger partial charge is 0.236 e. The molecule has 12 aliphatic rings. The van der Waals surface area contributed by atoms with E-state index in [2.05, 4.69) is 226 Å². The van der Waals surface area contributed by atoms with E-state index in [4.69, 9.17) is 22.9 Å². The zero-order valence-electron chi connectivity index (χ0n) is 87.7. The predicted molar refractivity (Wildman–Crippen MR) is 609 cm³/mol. The van der Waals surface area contributed by atoms with Crippen LogP contribution in [0.2, 0.25) is 0 Å². The zero-order valence-corrected chi connectivity index (χ0v) is 87.7. The molecule has 20 nitrogen and oxygen atoms in total. The molecule has 0 aromatic rings. The van der Waals surface area contributed by atoms with E-state index in [0.29, 0.717) is 60.0 Å². The first-order chi connectivity index (χ1) is 59.9. The summed E-state index contributed by atoms with van der Waals surface area (Å²) in [6.07, 6.45) is 41.2. The van der Waals surface area contributed by atoms with Gasteiger partial charge >= 0.3 is 0 Å². The van der Waals surface area contributed by atoms with E-state index in [1.165, 1.54) is 284 Å². The minimum absolute atomic E-state index is 0. The van der Waals surface area contributed by atoms with E-state index >= 15 is 0 Å². The standard InChI is InChI=1S/C14H28N2O.C13H26N2.C12H24N2.2C11H24N2.C10H22N2.C9H18N2O.C9H20N2.C9H19N.C8H17N.9CH4/c1-9(2)6-12-7-13(8-15-12)16-14(17)11(5)10(3)4;1-10(2)11-7-8-15(9-11)13-5-3-12(14)4-6-13;1-10(2)11-5-8-14(9-11)12-3-6-13-7-4-12;1-9(2)7-8-13-11-5-3-10(12)4-6-11;1-9(2)6-7-13-11-5-3-4-10(12)8-11;1-9(2)3-8-12-10-4-6-11-7-5-10;1-6(2)7-4-8(11-5-7)9(12)10-3;1-8(2)3-6-11-9-4-5-10-7-9;1-7(2)8-4-3-5-9(10)6-8;1-7(2)8-3-5-9-6-4-8;;;;;;;;;/h9-13,15H,6-8H2,1-5H3,(H,16,17);10-13H,3-9,14H2,1-2H3;10-13H,3-9H2,1-2H3;2*9-11,13H,3-8,12H2,1-2H3;9-12H,3-8H2,1-2H3;6-8,11H,4-5H2,1-3H3,(H,10,12);8-11H,3-7H2,1-2H3;7-9H,3-6,10H2,1-2H3;7-9H,3-6H2,1-2H3;9*1H4/t11-,12-,13?;11-,12?,13?;11-;;;;7-,8-;;;;;;;;;;;;/m100...0............/s1. The first-order valence-electron chi connectivity index (χ1n) is 54.2. The van der Waals surface area contributed by atoms with Crippen molar-refractivity contribution in [1.29, 1.82) is 0 Å². The van der Waals surface area contributed by atoms with E-state index in [9.17, 15) is 9.59 Å². The molecule has 12 fully saturated rings. The van der Waals surface area contributed by atoms with Gasteiger partial charge in [-0.15, -0.1) is 0 Å². The summed E-state index contributed by atoms with van der Waals surface area (Å²) in [6.45, 7) is 73.8. The molecule has 0 aromatic heterocycles. The normalized spacial score (nSPS) is 27.1. The van der Waals surface area contributed by atoms with E-state index in [-0.39, 0.29) is 90.6 Å². The molecule has 0 spiro atoms. The van der Waals surface area contributed by atoms with Gasteiger partial charge in [0.25, 0.3) is 0 Å². The third-order valence-corrected chi connectivity index (χ3v) is 30.4. The highest BCUT2D eigenvalue weighted by Crippen LogP contribution is 2.33. The van der Waals surface area contributed by atoms with Gasteiger partial charge in [0.2, 0.25) is 11.8 Å². The molecule has 8 heterocycles. The van der Waals surface area contributed by atoms with Crippen LogP contribution in [0.4, 0.5) is 0 Å². The minimum atomic E-state index is 0. The van der Waals surface area contributed by atoms with Crippen molar-refractivity contribution in [3.63, 3.8) is 0 Å². The van der Waals surface area contributed by atoms with Gasteiger partial charge in [-0.2, -0.15) is 0 Å². The Morgan fingerprint density at radius 2 is 0.711 bits per heavy atom. The Kier molecular flexibility index (Phi) is 93.8. The first kappa shape index (κ1) is 146. The predicted octanol–water partition coefficient (Wildman–Crippen LogP) is 22.2. The topological polar surface area (TPSA) is 289 Å². The molecular formula is C115H258N18O2. The molecule has 135 heavy (non-hydrogen) atoms. The van der Waals surface area contributed by atoms with E-state index in [0.717, 1.165) is 146 Å². The number of rotatable bonds is 29. The number of hydrogen-bond donors (Lipinski definition) is 16. The molecule has 20 N–H and O–H groups in total. The molecule has 820 valence electrons. The van der Waals surface area contributed by atoms with E-state index in [1.807, 2.05) is 6.92 Å². The van der Waals surface area contributed by atoms with Crippen molar-refractivity contribution in [3.05, 3.63) is 0 Å². The van der Waals surface area contributed by atoms with Crippen LogP contribution in [0.25, 0.3) is 0 Å². The molecule has 0 radical (unpaired) electrons. The van der Waals surface area contributed by atoms with Crippen LogP contribution in [0, 0.1) is 101 Å². The molecule has 2 amide bonds. The average molecular weight is 1930 g/mol. The van der Waals surface area contributed by atoms with Crippen LogP contribution in [0.1, 0.15) is 432 Å². The lowest BCUT2D eigenvalue weighted by Gasteiger charge is -2.33. The number of nitrogens with two attached hydrogens (primary N) is 4. The lowest BCUT2D eigenvalue weighted by Crippen LogP contribution is -2.42. The maximum Gasteiger partial charge on any atom is 0.236 e. The molecule has 8 aliphatic heterocycles. The monoisotopic (exact) mass is 1920 g/mol. The number of amides is 2. The van der Waals surface area contributed by atoms with Crippen molar-refractivity contribution >= 4 is 11.8 Å². The Balaban J connectivity index is -0.000000269. The Hall–Kier alpha value is -1.70. The summed E-state index contributed by atoms with van der Waals surface area (Å²) in [7, 11) is 1.69. The summed E-state index contributed by atoms with van der Waals surface area (Å²) in [5.41, 5.74) is 23.6. The molecule has 12 rings (SSSR count). The van der Waals surface area contributed by atoms with Crippen molar-refractivity contribution < 1.29 is 9.59 Å². The van der Waals surface area contributed by atoms with Gasteiger partial charge in [-0.3, -0.25) is 14.5 Å². The molecule has 20 heteroatoms. The summed E-state index contributed by atoms with van der Waals surface area (Å²) in [4.78, 5) is 28.6. The number of nitrogens with one attached hydrogen (secondary N) is 12. The molecule has 6 unspecified atom stereocenters. The number of piperidine rings is 3. The first-order valence-corrected chi connectivity index (χ1v) is 54.2. The summed E-state index contributed by atoms with van der Waals surface area (Å²) in [6, 6.07) is 7.58. The van der Waals surface area contributed by atoms with E-state index in [1.54, 1.807) is 7.05 Å². The van der Waals surface area contributed by atoms with Crippen LogP contribution < -0.4 is 86.7 Å². The molecule has 4 saturated carbocycles. The Morgan fingerprint density at radius 1 is 0.326 bits per heavy atom. The SMILES string of the molecule is C.C.C.C.C.C.C.C.C.CC(C)C1CCCC(N)C1.CC(C)C1CCNCC1.CC(C)CCNC1CCC(N)CC1.CC(C)CCNC1CCCC(N)C1.CC(C)CCNC1CCNC1.CC(C)CCNC1CCNCC1.CC(C)C[C@@H]1CC(NC(=O)[C@H](C)C(C)C)CN1.CC(C)[C@H]1CCN(C2CCC(N)CC2)C1.CC(C)[C@H]1CCN(C2CCNCC2)C1.CNC(=O)[C@@H]1C[C@H](C(C)C)CN1. The van der Waals surface area contributed by atoms with Crippen molar-refractivity contribution in [1.82, 2.24) is 73.6 Å². The number of hydrogen-bond acceptors (Lipinski definition) is 18. The second kappa shape index (κ2) is 86.6. The fourth-order valence-corrected chi connectivity index (χ4v) is 20.3. The largest absolute Gasteiger partial charge is 0.358 e. The number of likely N-dealkylation sites (N-methyl/N-ethyl adjacent to an activating group) is 1. The summed E-state index contributed by atoms with van der Waals surface area (Å²) in [5, 5.41) is 40.5. The molecule has 4 aliphatic carbocycles. The maximum absolute atomic E-state index is 11.9. The molecule has 0 aromatic carbocycles. The Labute approximate surface area is 848 Å². The fourth-order valence-electron chi connectivity index (χ4n) is 20.3. The summed E-state index contributed by atoms with van der Waals surface area (Å²) in [5.74, 6) is 13.5. The van der Waals surface area contributed by atoms with Crippen LogP contribution in [0.5, 0.6) is 0 Å². The van der Waals surface area contributed by atoms with E-state index < -0.39 is 0 Å². The van der Waals surface area contributed by atoms with Crippen LogP contribution >= 0.6 is 0 Å². The van der Waals surface area contributed by atoms with Gasteiger partial charge in [0.1, 0.15) is 0 Å². The van der Waals surface area contributed by atoms with Crippen molar-refractivity contribution in [2.45, 2.75) is 510 Å². The summed E-state index contributed by atoms with van der Waals surface area (Å²) < 4.78 is 0. The van der Waals surface area contributed by atoms with Crippen LogP contribution in [0.15, 0.2) is 0 Å². The maximum atomic E-state index is 11.9. The number of carbonyl (C=O) groups excluding carboxylic acids is 2. The zero-order chi connectivity index (χ0) is 93.5. The highest BCUT2D eigenvalue weighted by Gasteiger charge is 2.35. The van der Waals surface area contributed by atoms with Gasteiger partial charge in [-0.1, -0.05) is 245 Å². The van der Waals surface area contributed by atoms with Crippen LogP contribution in [-0.2, 0) is 9.59 Å². The van der Waals surface area contributed by atoms with Gasteiger partial charge < -0.3 is 91.6 Å². The number of likely N-dealkylation sites (tertiary alicyclic amines) is 2. The highest BCUT2D eigenvalue weighted by molar-refractivity contribution is 5.81. The summed E-state index contributed by atoms with van der Waals surface area (Å²) >= 11 is 0. The van der Waals surface area contributed by atoms with Gasteiger partial charge in [0.05, 0.1) is 6.04 Å². The van der Waals surface area contributed by atoms with Gasteiger partial charge in [-0.25, -0.2) is 0 Å². The Bertz CT molecular complexity index is 2540. The lowest BCUT2D eigenvalue weighted by molar-refractivity contribution is -0.126. The van der Waals surface area contributed by atoms with Crippen LogP contribution in [-0.4, -0.2) is 225 Å². The quantitative estimate of drug-likeness (QED) is 0.0331. The molecular weight excluding hydrogens is 1670 g/mol. The second-order valence-electron chi connectivity index (χ2n) is 45.9. The van der Waals surface area contributed by atoms with Gasteiger partial charge in [0.15, 0.2) is 0 Å². The molecule has 12 atom stereocenters. The Morgan fingerprint density at radius 3 is 1.08 bits per heavy atom.